The number of hydrogen-bond acceptors (Lipinski definition) is 7. The van der Waals surface area contributed by atoms with E-state index in [1.54, 1.807) is 6.92 Å². The molecule has 2 heterocycles. The second kappa shape index (κ2) is 5.80. The molecule has 0 unspecified atom stereocenters. The van der Waals surface area contributed by atoms with Crippen LogP contribution in [0.5, 0.6) is 5.88 Å². The molecule has 0 aliphatic heterocycles. The van der Waals surface area contributed by atoms with Crippen LogP contribution in [-0.4, -0.2) is 44.3 Å². The summed E-state index contributed by atoms with van der Waals surface area (Å²) >= 11 is 0. The van der Waals surface area contributed by atoms with E-state index in [0.717, 1.165) is 0 Å². The molecule has 8 nitrogen and oxygen atoms in total. The predicted molar refractivity (Wildman–Crippen MR) is 62.6 cm³/mol. The first-order valence-electron chi connectivity index (χ1n) is 5.55. The van der Waals surface area contributed by atoms with Crippen LogP contribution in [0.25, 0.3) is 11.4 Å². The molecule has 2 rings (SSSR count). The van der Waals surface area contributed by atoms with E-state index in [1.807, 2.05) is 0 Å². The summed E-state index contributed by atoms with van der Waals surface area (Å²) in [6.07, 6.45) is 4.47. The van der Waals surface area contributed by atoms with Gasteiger partial charge in [0.05, 0.1) is 12.8 Å². The van der Waals surface area contributed by atoms with Gasteiger partial charge in [0.15, 0.2) is 6.61 Å². The van der Waals surface area contributed by atoms with Crippen molar-refractivity contribution in [3.63, 3.8) is 0 Å². The van der Waals surface area contributed by atoms with Gasteiger partial charge in [-0.25, -0.2) is 4.79 Å². The molecule has 0 radical (unpaired) electrons. The average Bonchev–Trinajstić information content (AvgIpc) is 2.79. The highest BCUT2D eigenvalue weighted by molar-refractivity contribution is 5.71. The molecule has 0 amide bonds. The van der Waals surface area contributed by atoms with Gasteiger partial charge in [0.25, 0.3) is 0 Å². The fourth-order valence-corrected chi connectivity index (χ4v) is 1.36. The average molecular weight is 264 g/mol. The van der Waals surface area contributed by atoms with Crippen molar-refractivity contribution in [2.45, 2.75) is 6.92 Å². The van der Waals surface area contributed by atoms with Crippen molar-refractivity contribution in [2.24, 2.45) is 0 Å². The zero-order chi connectivity index (χ0) is 13.7. The van der Waals surface area contributed by atoms with Gasteiger partial charge in [-0.3, -0.25) is 9.97 Å². The fourth-order valence-electron chi connectivity index (χ4n) is 1.36. The molecule has 2 aromatic heterocycles. The van der Waals surface area contributed by atoms with E-state index in [4.69, 9.17) is 9.47 Å². The van der Waals surface area contributed by atoms with Gasteiger partial charge in [-0.1, -0.05) is 9.94 Å². The van der Waals surface area contributed by atoms with E-state index in [2.05, 4.69) is 15.1 Å². The summed E-state index contributed by atoms with van der Waals surface area (Å²) in [5.41, 5.74) is 0.746. The summed E-state index contributed by atoms with van der Waals surface area (Å²) in [4.78, 5) is 19.6. The fraction of sp³-hybridized carbons (Fsp3) is 0.273. The summed E-state index contributed by atoms with van der Waals surface area (Å²) < 4.78 is 9.79. The standard InChI is InChI=1S/C11H12N4O4/c1-2-18-11(16)7-19-10-5-9(15(17)14-10)8-6-12-3-4-13-8/h3-6,17H,2,7H2,1H3. The number of rotatable bonds is 5. The molecule has 1 N–H and O–H groups in total. The topological polar surface area (TPSA) is 99.4 Å². The van der Waals surface area contributed by atoms with Crippen LogP contribution in [-0.2, 0) is 9.53 Å². The molecule has 0 atom stereocenters. The first-order chi connectivity index (χ1) is 9.20. The van der Waals surface area contributed by atoms with Crippen LogP contribution in [0.2, 0.25) is 0 Å². The van der Waals surface area contributed by atoms with Crippen molar-refractivity contribution < 1.29 is 19.5 Å². The zero-order valence-corrected chi connectivity index (χ0v) is 10.2. The Morgan fingerprint density at radius 1 is 1.47 bits per heavy atom. The molecule has 19 heavy (non-hydrogen) atoms. The number of carbonyl (C=O) groups is 1. The molecule has 0 aromatic carbocycles. The van der Waals surface area contributed by atoms with E-state index < -0.39 is 5.97 Å². The van der Waals surface area contributed by atoms with Crippen LogP contribution in [0.4, 0.5) is 0 Å². The maximum Gasteiger partial charge on any atom is 0.344 e. The second-order valence-corrected chi connectivity index (χ2v) is 3.44. The van der Waals surface area contributed by atoms with Crippen LogP contribution in [0, 0.1) is 0 Å². The van der Waals surface area contributed by atoms with Gasteiger partial charge >= 0.3 is 5.97 Å². The molecule has 0 aliphatic rings. The molecule has 0 saturated carbocycles. The van der Waals surface area contributed by atoms with Crippen LogP contribution < -0.4 is 4.74 Å². The zero-order valence-electron chi connectivity index (χ0n) is 10.2. The Balaban J connectivity index is 2.07. The van der Waals surface area contributed by atoms with Gasteiger partial charge in [0.1, 0.15) is 11.4 Å². The lowest BCUT2D eigenvalue weighted by atomic mass is 10.3. The largest absolute Gasteiger partial charge is 0.464 e. The minimum atomic E-state index is -0.504. The van der Waals surface area contributed by atoms with E-state index >= 15 is 0 Å². The van der Waals surface area contributed by atoms with Gasteiger partial charge in [-0.05, 0) is 6.92 Å². The second-order valence-electron chi connectivity index (χ2n) is 3.44. The first-order valence-corrected chi connectivity index (χ1v) is 5.55. The number of aromatic nitrogens is 4. The predicted octanol–water partition coefficient (Wildman–Crippen LogP) is 0.519. The molecule has 100 valence electrons. The third-order valence-electron chi connectivity index (χ3n) is 2.14. The number of nitrogens with zero attached hydrogens (tertiary/aromatic N) is 4. The number of esters is 1. The maximum atomic E-state index is 11.1. The Morgan fingerprint density at radius 2 is 2.32 bits per heavy atom. The molecule has 2 aromatic rings. The molecule has 0 aliphatic carbocycles. The monoisotopic (exact) mass is 264 g/mol. The molecule has 0 fully saturated rings. The smallest absolute Gasteiger partial charge is 0.344 e. The SMILES string of the molecule is CCOC(=O)COc1cc(-c2cnccn2)n(O)n1. The van der Waals surface area contributed by atoms with Crippen molar-refractivity contribution in [1.29, 1.82) is 0 Å². The van der Waals surface area contributed by atoms with Crippen molar-refractivity contribution in [3.05, 3.63) is 24.7 Å². The minimum Gasteiger partial charge on any atom is -0.464 e. The van der Waals surface area contributed by atoms with E-state index in [-0.39, 0.29) is 19.1 Å². The highest BCUT2D eigenvalue weighted by atomic mass is 16.6. The Hall–Kier alpha value is -2.64. The Kier molecular flexibility index (Phi) is 3.91. The molecule has 8 heteroatoms. The van der Waals surface area contributed by atoms with Crippen LogP contribution in [0.3, 0.4) is 0 Å². The third kappa shape index (κ3) is 3.18. The lowest BCUT2D eigenvalue weighted by Gasteiger charge is -2.01. The van der Waals surface area contributed by atoms with Crippen LogP contribution >= 0.6 is 0 Å². The summed E-state index contributed by atoms with van der Waals surface area (Å²) in [6, 6.07) is 1.45. The summed E-state index contributed by atoms with van der Waals surface area (Å²) in [6.45, 7) is 1.71. The quantitative estimate of drug-likeness (QED) is 0.620. The first kappa shape index (κ1) is 12.8. The van der Waals surface area contributed by atoms with Gasteiger partial charge in [-0.15, -0.1) is 0 Å². The normalized spacial score (nSPS) is 10.2. The number of carbonyl (C=O) groups excluding carboxylic acids is 1. The van der Waals surface area contributed by atoms with E-state index in [9.17, 15) is 10.0 Å². The van der Waals surface area contributed by atoms with E-state index in [1.165, 1.54) is 24.7 Å². The highest BCUT2D eigenvalue weighted by Gasteiger charge is 2.13. The molecular formula is C11H12N4O4. The third-order valence-corrected chi connectivity index (χ3v) is 2.14. The Bertz CT molecular complexity index is 555. The van der Waals surface area contributed by atoms with Gasteiger partial charge in [0, 0.05) is 18.5 Å². The summed E-state index contributed by atoms with van der Waals surface area (Å²) in [7, 11) is 0. The summed E-state index contributed by atoms with van der Waals surface area (Å²) in [5, 5.41) is 13.3. The number of ether oxygens (including phenoxy) is 2. The van der Waals surface area contributed by atoms with Gasteiger partial charge in [-0.2, -0.15) is 0 Å². The van der Waals surface area contributed by atoms with Gasteiger partial charge in [0.2, 0.25) is 5.88 Å². The lowest BCUT2D eigenvalue weighted by molar-refractivity contribution is -0.145. The number of hydrogen-bond donors (Lipinski definition) is 1. The molecular weight excluding hydrogens is 252 g/mol. The molecule has 0 bridgehead atoms. The van der Waals surface area contributed by atoms with Crippen molar-refractivity contribution in [2.75, 3.05) is 13.2 Å². The minimum absolute atomic E-state index is 0.0937. The Morgan fingerprint density at radius 3 is 3.00 bits per heavy atom. The maximum absolute atomic E-state index is 11.1. The van der Waals surface area contributed by atoms with Crippen LogP contribution in [0.1, 0.15) is 6.92 Å². The highest BCUT2D eigenvalue weighted by Crippen LogP contribution is 2.19. The van der Waals surface area contributed by atoms with Gasteiger partial charge < -0.3 is 14.7 Å². The lowest BCUT2D eigenvalue weighted by Crippen LogP contribution is -2.14. The van der Waals surface area contributed by atoms with Crippen LogP contribution in [0.15, 0.2) is 24.7 Å². The van der Waals surface area contributed by atoms with Crippen molar-refractivity contribution in [1.82, 2.24) is 19.9 Å². The molecule has 0 saturated heterocycles. The van der Waals surface area contributed by atoms with Crippen molar-refractivity contribution in [3.8, 4) is 17.3 Å². The van der Waals surface area contributed by atoms with Crippen molar-refractivity contribution >= 4 is 5.97 Å². The van der Waals surface area contributed by atoms with E-state index in [0.29, 0.717) is 16.2 Å². The molecule has 0 spiro atoms. The summed E-state index contributed by atoms with van der Waals surface area (Å²) in [5.74, 6) is -0.410. The Labute approximate surface area is 108 Å².